The van der Waals surface area contributed by atoms with E-state index in [1.165, 1.54) is 231 Å². The topological polar surface area (TPSA) is 78.9 Å². The van der Waals surface area contributed by atoms with E-state index in [0.29, 0.717) is 19.3 Å². The predicted octanol–water partition coefficient (Wildman–Crippen LogP) is 23.9. The maximum atomic E-state index is 12.9. The molecule has 0 aromatic rings. The fourth-order valence-corrected chi connectivity index (χ4v) is 10.3. The van der Waals surface area contributed by atoms with E-state index < -0.39 is 6.10 Å². The minimum absolute atomic E-state index is 0.0801. The lowest BCUT2D eigenvalue weighted by molar-refractivity contribution is -0.167. The van der Waals surface area contributed by atoms with Gasteiger partial charge in [-0.25, -0.2) is 0 Å². The van der Waals surface area contributed by atoms with Crippen molar-refractivity contribution in [1.82, 2.24) is 0 Å². The van der Waals surface area contributed by atoms with Crippen LogP contribution in [0.25, 0.3) is 0 Å². The summed E-state index contributed by atoms with van der Waals surface area (Å²) in [6.07, 6.45) is 87.1. The average molecular weight is 1110 g/mol. The Morgan fingerprint density at radius 1 is 0.266 bits per heavy atom. The number of hydrogen-bond donors (Lipinski definition) is 0. The van der Waals surface area contributed by atoms with Gasteiger partial charge in [0.25, 0.3) is 0 Å². The smallest absolute Gasteiger partial charge is 0.306 e. The molecular formula is C73H132O6. The Kier molecular flexibility index (Phi) is 65.1. The van der Waals surface area contributed by atoms with Crippen molar-refractivity contribution in [1.29, 1.82) is 0 Å². The fraction of sp³-hybridized carbons (Fsp3) is 0.822. The van der Waals surface area contributed by atoms with Crippen LogP contribution < -0.4 is 0 Å². The van der Waals surface area contributed by atoms with Gasteiger partial charge in [0.15, 0.2) is 6.10 Å². The van der Waals surface area contributed by atoms with Crippen molar-refractivity contribution in [2.75, 3.05) is 13.2 Å². The summed E-state index contributed by atoms with van der Waals surface area (Å²) < 4.78 is 16.9. The van der Waals surface area contributed by atoms with E-state index in [9.17, 15) is 14.4 Å². The second-order valence-corrected chi connectivity index (χ2v) is 23.4. The van der Waals surface area contributed by atoms with E-state index in [2.05, 4.69) is 81.5 Å². The van der Waals surface area contributed by atoms with E-state index in [1.54, 1.807) is 0 Å². The normalized spacial score (nSPS) is 12.4. The quantitative estimate of drug-likeness (QED) is 0.0261. The predicted molar refractivity (Wildman–Crippen MR) is 344 cm³/mol. The molecule has 6 nitrogen and oxygen atoms in total. The van der Waals surface area contributed by atoms with Crippen LogP contribution in [0.5, 0.6) is 0 Å². The van der Waals surface area contributed by atoms with Crippen LogP contribution in [-0.4, -0.2) is 37.2 Å². The van der Waals surface area contributed by atoms with Crippen molar-refractivity contribution in [2.45, 2.75) is 374 Å². The highest BCUT2D eigenvalue weighted by Crippen LogP contribution is 2.18. The Morgan fingerprint density at radius 2 is 0.494 bits per heavy atom. The van der Waals surface area contributed by atoms with Crippen LogP contribution in [0.3, 0.4) is 0 Å². The molecule has 460 valence electrons. The second-order valence-electron chi connectivity index (χ2n) is 23.4. The minimum Gasteiger partial charge on any atom is -0.462 e. The molecule has 0 saturated carbocycles. The number of carbonyl (C=O) groups excluding carboxylic acids is 3. The summed E-state index contributed by atoms with van der Waals surface area (Å²) in [5.74, 6) is -0.889. The molecule has 0 fully saturated rings. The summed E-state index contributed by atoms with van der Waals surface area (Å²) >= 11 is 0. The van der Waals surface area contributed by atoms with E-state index >= 15 is 0 Å². The van der Waals surface area contributed by atoms with Crippen molar-refractivity contribution >= 4 is 17.9 Å². The van der Waals surface area contributed by atoms with Crippen molar-refractivity contribution in [2.24, 2.45) is 0 Å². The number of allylic oxidation sites excluding steroid dienone is 10. The first-order valence-electron chi connectivity index (χ1n) is 34.8. The van der Waals surface area contributed by atoms with Gasteiger partial charge >= 0.3 is 17.9 Å². The van der Waals surface area contributed by atoms with Gasteiger partial charge in [-0.3, -0.25) is 14.4 Å². The van der Waals surface area contributed by atoms with E-state index in [4.69, 9.17) is 14.2 Å². The Bertz CT molecular complexity index is 1410. The fourth-order valence-electron chi connectivity index (χ4n) is 10.3. The Labute approximate surface area is 491 Å². The highest BCUT2D eigenvalue weighted by molar-refractivity contribution is 5.71. The zero-order valence-electron chi connectivity index (χ0n) is 52.9. The molecule has 0 saturated heterocycles. The molecule has 0 bridgehead atoms. The first-order valence-corrected chi connectivity index (χ1v) is 34.8. The van der Waals surface area contributed by atoms with Gasteiger partial charge in [0.1, 0.15) is 13.2 Å². The largest absolute Gasteiger partial charge is 0.462 e. The van der Waals surface area contributed by atoms with Crippen molar-refractivity contribution < 1.29 is 28.6 Å². The van der Waals surface area contributed by atoms with Crippen molar-refractivity contribution in [3.63, 3.8) is 0 Å². The van der Waals surface area contributed by atoms with Gasteiger partial charge in [0.05, 0.1) is 0 Å². The molecule has 0 aliphatic heterocycles. The number of unbranched alkanes of at least 4 members (excludes halogenated alkanes) is 43. The number of ether oxygens (including phenoxy) is 3. The van der Waals surface area contributed by atoms with Gasteiger partial charge in [0, 0.05) is 19.3 Å². The second kappa shape index (κ2) is 67.6. The first-order chi connectivity index (χ1) is 39.0. The number of esters is 3. The molecular weight excluding hydrogens is 973 g/mol. The maximum Gasteiger partial charge on any atom is 0.306 e. The van der Waals surface area contributed by atoms with Crippen molar-refractivity contribution in [3.8, 4) is 0 Å². The maximum absolute atomic E-state index is 12.9. The molecule has 0 aliphatic rings. The molecule has 0 radical (unpaired) electrons. The Balaban J connectivity index is 4.01. The van der Waals surface area contributed by atoms with Gasteiger partial charge in [-0.2, -0.15) is 0 Å². The van der Waals surface area contributed by atoms with Crippen LogP contribution in [0.2, 0.25) is 0 Å². The molecule has 0 aliphatic carbocycles. The molecule has 0 spiro atoms. The SMILES string of the molecule is CC/C=C\C/C=C\C/C=C\C/C=C\CCCCCCC(=O)OC(COC(=O)CCCCCCCCCCC)COC(=O)CCCCCCCCCCCCCCCCCCCCCCCCC/C=C\CCCCCCCCCC. The van der Waals surface area contributed by atoms with E-state index in [-0.39, 0.29) is 31.1 Å². The Morgan fingerprint density at radius 3 is 0.785 bits per heavy atom. The van der Waals surface area contributed by atoms with Crippen LogP contribution in [0.1, 0.15) is 367 Å². The molecule has 0 amide bonds. The highest BCUT2D eigenvalue weighted by atomic mass is 16.6. The first kappa shape index (κ1) is 76.1. The van der Waals surface area contributed by atoms with Gasteiger partial charge < -0.3 is 14.2 Å². The molecule has 0 N–H and O–H groups in total. The van der Waals surface area contributed by atoms with Gasteiger partial charge in [-0.1, -0.05) is 326 Å². The molecule has 0 aromatic carbocycles. The molecule has 0 aromatic heterocycles. The highest BCUT2D eigenvalue weighted by Gasteiger charge is 2.19. The number of rotatable bonds is 64. The monoisotopic (exact) mass is 1110 g/mol. The summed E-state index contributed by atoms with van der Waals surface area (Å²) in [7, 11) is 0. The van der Waals surface area contributed by atoms with Gasteiger partial charge in [0.2, 0.25) is 0 Å². The van der Waals surface area contributed by atoms with E-state index in [0.717, 1.165) is 96.3 Å². The van der Waals surface area contributed by atoms with Crippen molar-refractivity contribution in [3.05, 3.63) is 60.8 Å². The van der Waals surface area contributed by atoms with Crippen LogP contribution in [0.4, 0.5) is 0 Å². The third kappa shape index (κ3) is 65.8. The molecule has 6 heteroatoms. The van der Waals surface area contributed by atoms with Gasteiger partial charge in [-0.15, -0.1) is 0 Å². The Hall–Kier alpha value is -2.89. The minimum atomic E-state index is -0.784. The van der Waals surface area contributed by atoms with Crippen LogP contribution >= 0.6 is 0 Å². The summed E-state index contributed by atoms with van der Waals surface area (Å²) in [4.78, 5) is 38.2. The summed E-state index contributed by atoms with van der Waals surface area (Å²) in [5.41, 5.74) is 0. The van der Waals surface area contributed by atoms with Gasteiger partial charge in [-0.05, 0) is 83.5 Å². The standard InChI is InChI=1S/C73H132O6/c1-4-7-10-13-16-19-21-23-25-27-28-29-30-31-32-33-34-35-36-37-38-39-40-41-42-43-44-46-47-49-51-54-57-60-63-66-72(75)78-69-70(68-77-71(74)65-62-59-56-53-18-15-12-9-6-3)79-73(76)67-64-61-58-55-52-50-48-45-26-24-22-20-17-14-11-8-5-2/h8,11,17,20,24,26-28,48,50,70H,4-7,9-10,12-16,18-19,21-23,25,29-47,49,51-69H2,1-3H3/b11-8-,20-17-,26-24-,28-27-,50-48-. The lowest BCUT2D eigenvalue weighted by Crippen LogP contribution is -2.30. The van der Waals surface area contributed by atoms with Crippen LogP contribution in [0.15, 0.2) is 60.8 Å². The summed E-state index contributed by atoms with van der Waals surface area (Å²) in [6.45, 7) is 6.53. The summed E-state index contributed by atoms with van der Waals surface area (Å²) in [6, 6.07) is 0. The molecule has 1 atom stereocenters. The zero-order chi connectivity index (χ0) is 57.1. The average Bonchev–Trinajstić information content (AvgIpc) is 3.45. The van der Waals surface area contributed by atoms with E-state index in [1.807, 2.05) is 0 Å². The zero-order valence-corrected chi connectivity index (χ0v) is 52.9. The molecule has 79 heavy (non-hydrogen) atoms. The lowest BCUT2D eigenvalue weighted by Gasteiger charge is -2.18. The number of carbonyl (C=O) groups is 3. The van der Waals surface area contributed by atoms with Crippen LogP contribution in [-0.2, 0) is 28.6 Å². The molecule has 0 rings (SSSR count). The van der Waals surface area contributed by atoms with Crippen LogP contribution in [0, 0.1) is 0 Å². The summed E-state index contributed by atoms with van der Waals surface area (Å²) in [5, 5.41) is 0. The third-order valence-electron chi connectivity index (χ3n) is 15.5. The molecule has 0 heterocycles. The molecule has 1 unspecified atom stereocenters. The lowest BCUT2D eigenvalue weighted by atomic mass is 10.0. The third-order valence-corrected chi connectivity index (χ3v) is 15.5. The number of hydrogen-bond acceptors (Lipinski definition) is 6.